The van der Waals surface area contributed by atoms with Gasteiger partial charge in [0, 0.05) is 0 Å². The molecular formula is C10H8BrF3O3. The lowest BCUT2D eigenvalue weighted by Gasteiger charge is -2.15. The second kappa shape index (κ2) is 4.95. The van der Waals surface area contributed by atoms with Crippen LogP contribution in [0.2, 0.25) is 0 Å². The van der Waals surface area contributed by atoms with E-state index in [4.69, 9.17) is 9.84 Å². The SMILES string of the molecule is CCOc1c(Br)cc(C(=O)O)cc1C(F)(F)F. The quantitative estimate of drug-likeness (QED) is 0.928. The average Bonchev–Trinajstić information content (AvgIpc) is 2.18. The molecule has 94 valence electrons. The van der Waals surface area contributed by atoms with E-state index in [2.05, 4.69) is 15.9 Å². The average molecular weight is 313 g/mol. The Morgan fingerprint density at radius 2 is 2.06 bits per heavy atom. The molecule has 0 bridgehead atoms. The molecule has 0 fully saturated rings. The summed E-state index contributed by atoms with van der Waals surface area (Å²) in [7, 11) is 0. The molecule has 17 heavy (non-hydrogen) atoms. The van der Waals surface area contributed by atoms with E-state index in [0.29, 0.717) is 6.07 Å². The van der Waals surface area contributed by atoms with Gasteiger partial charge in [-0.25, -0.2) is 4.79 Å². The van der Waals surface area contributed by atoms with E-state index in [-0.39, 0.29) is 11.1 Å². The Kier molecular flexibility index (Phi) is 4.03. The van der Waals surface area contributed by atoms with Crippen LogP contribution in [0.1, 0.15) is 22.8 Å². The zero-order chi connectivity index (χ0) is 13.2. The smallest absolute Gasteiger partial charge is 0.420 e. The van der Waals surface area contributed by atoms with E-state index in [1.807, 2.05) is 0 Å². The first-order valence-corrected chi connectivity index (χ1v) is 5.33. The molecule has 0 amide bonds. The van der Waals surface area contributed by atoms with Crippen LogP contribution >= 0.6 is 15.9 Å². The number of ether oxygens (including phenoxy) is 1. The molecule has 3 nitrogen and oxygen atoms in total. The molecular weight excluding hydrogens is 305 g/mol. The summed E-state index contributed by atoms with van der Waals surface area (Å²) in [6.45, 7) is 1.59. The Labute approximate surface area is 103 Å². The Bertz CT molecular complexity index is 443. The van der Waals surface area contributed by atoms with Gasteiger partial charge in [0.15, 0.2) is 0 Å². The van der Waals surface area contributed by atoms with Crippen LogP contribution in [-0.4, -0.2) is 17.7 Å². The maximum atomic E-state index is 12.7. The molecule has 7 heteroatoms. The van der Waals surface area contributed by atoms with Crippen LogP contribution in [-0.2, 0) is 6.18 Å². The Balaban J connectivity index is 3.45. The van der Waals surface area contributed by atoms with E-state index in [1.54, 1.807) is 0 Å². The highest BCUT2D eigenvalue weighted by molar-refractivity contribution is 9.10. The van der Waals surface area contributed by atoms with Gasteiger partial charge < -0.3 is 9.84 Å². The van der Waals surface area contributed by atoms with Gasteiger partial charge in [0.05, 0.1) is 22.2 Å². The van der Waals surface area contributed by atoms with Gasteiger partial charge in [-0.15, -0.1) is 0 Å². The van der Waals surface area contributed by atoms with E-state index in [0.717, 1.165) is 6.07 Å². The van der Waals surface area contributed by atoms with Crippen molar-refractivity contribution in [1.82, 2.24) is 0 Å². The third kappa shape index (κ3) is 3.12. The number of halogens is 4. The van der Waals surface area contributed by atoms with E-state index in [1.165, 1.54) is 6.92 Å². The molecule has 0 saturated heterocycles. The van der Waals surface area contributed by atoms with Crippen LogP contribution in [0.3, 0.4) is 0 Å². The van der Waals surface area contributed by atoms with Crippen LogP contribution in [0.25, 0.3) is 0 Å². The molecule has 0 spiro atoms. The van der Waals surface area contributed by atoms with Crippen LogP contribution in [0.5, 0.6) is 5.75 Å². The van der Waals surface area contributed by atoms with E-state index >= 15 is 0 Å². The number of benzene rings is 1. The highest BCUT2D eigenvalue weighted by Crippen LogP contribution is 2.41. The number of hydrogen-bond donors (Lipinski definition) is 1. The van der Waals surface area contributed by atoms with Gasteiger partial charge in [0.2, 0.25) is 0 Å². The third-order valence-electron chi connectivity index (χ3n) is 1.88. The molecule has 0 aliphatic heterocycles. The number of carboxylic acid groups (broad SMARTS) is 1. The summed E-state index contributed by atoms with van der Waals surface area (Å²) in [6.07, 6.45) is -4.67. The lowest BCUT2D eigenvalue weighted by molar-refractivity contribution is -0.139. The molecule has 0 heterocycles. The normalized spacial score (nSPS) is 11.4. The number of hydrogen-bond acceptors (Lipinski definition) is 2. The second-order valence-corrected chi connectivity index (χ2v) is 3.93. The number of alkyl halides is 3. The van der Waals surface area contributed by atoms with Gasteiger partial charge in [0.1, 0.15) is 5.75 Å². The molecule has 1 rings (SSSR count). The molecule has 0 radical (unpaired) electrons. The predicted molar refractivity (Wildman–Crippen MR) is 57.3 cm³/mol. The maximum Gasteiger partial charge on any atom is 0.420 e. The standard InChI is InChI=1S/C10H8BrF3O3/c1-2-17-8-6(10(12,13)14)3-5(9(15)16)4-7(8)11/h3-4H,2H2,1H3,(H,15,16). The summed E-state index contributed by atoms with van der Waals surface area (Å²) in [4.78, 5) is 10.7. The Morgan fingerprint density at radius 3 is 2.47 bits per heavy atom. The van der Waals surface area contributed by atoms with E-state index in [9.17, 15) is 18.0 Å². The zero-order valence-electron chi connectivity index (χ0n) is 8.64. The summed E-state index contributed by atoms with van der Waals surface area (Å²) in [5.41, 5.74) is -1.56. The molecule has 0 atom stereocenters. The van der Waals surface area contributed by atoms with Crippen LogP contribution in [0, 0.1) is 0 Å². The lowest BCUT2D eigenvalue weighted by Crippen LogP contribution is -2.11. The summed E-state index contributed by atoms with van der Waals surface area (Å²) in [5, 5.41) is 8.69. The number of carbonyl (C=O) groups is 1. The zero-order valence-corrected chi connectivity index (χ0v) is 10.2. The van der Waals surface area contributed by atoms with Gasteiger partial charge in [-0.2, -0.15) is 13.2 Å². The Hall–Kier alpha value is -1.24. The predicted octanol–water partition coefficient (Wildman–Crippen LogP) is 3.56. The Morgan fingerprint density at radius 1 is 1.47 bits per heavy atom. The van der Waals surface area contributed by atoms with Crippen molar-refractivity contribution in [3.05, 3.63) is 27.7 Å². The molecule has 0 aliphatic carbocycles. The first-order chi connectivity index (χ1) is 7.77. The largest absolute Gasteiger partial charge is 0.492 e. The molecule has 0 unspecified atom stereocenters. The molecule has 1 aromatic carbocycles. The van der Waals surface area contributed by atoms with Crippen molar-refractivity contribution in [3.63, 3.8) is 0 Å². The fourth-order valence-corrected chi connectivity index (χ4v) is 1.79. The molecule has 1 aromatic rings. The lowest BCUT2D eigenvalue weighted by atomic mass is 10.1. The minimum Gasteiger partial charge on any atom is -0.492 e. The van der Waals surface area contributed by atoms with Crippen molar-refractivity contribution in [2.45, 2.75) is 13.1 Å². The maximum absolute atomic E-state index is 12.7. The molecule has 0 aliphatic rings. The fraction of sp³-hybridized carbons (Fsp3) is 0.300. The monoisotopic (exact) mass is 312 g/mol. The molecule has 1 N–H and O–H groups in total. The first kappa shape index (κ1) is 13.8. The van der Waals surface area contributed by atoms with Crippen molar-refractivity contribution in [2.75, 3.05) is 6.61 Å². The van der Waals surface area contributed by atoms with Gasteiger partial charge in [0.25, 0.3) is 0 Å². The van der Waals surface area contributed by atoms with Gasteiger partial charge >= 0.3 is 12.1 Å². The van der Waals surface area contributed by atoms with Gasteiger partial charge in [-0.05, 0) is 35.0 Å². The van der Waals surface area contributed by atoms with Gasteiger partial charge in [-0.3, -0.25) is 0 Å². The number of aromatic carboxylic acids is 1. The minimum absolute atomic E-state index is 0.0356. The summed E-state index contributed by atoms with van der Waals surface area (Å²) in [6, 6.07) is 1.63. The minimum atomic E-state index is -4.67. The summed E-state index contributed by atoms with van der Waals surface area (Å²) in [5.74, 6) is -1.83. The number of carboxylic acids is 1. The van der Waals surface area contributed by atoms with Crippen LogP contribution in [0.4, 0.5) is 13.2 Å². The third-order valence-corrected chi connectivity index (χ3v) is 2.47. The van der Waals surface area contributed by atoms with Crippen LogP contribution in [0.15, 0.2) is 16.6 Å². The van der Waals surface area contributed by atoms with Gasteiger partial charge in [-0.1, -0.05) is 0 Å². The highest BCUT2D eigenvalue weighted by atomic mass is 79.9. The van der Waals surface area contributed by atoms with Crippen molar-refractivity contribution in [1.29, 1.82) is 0 Å². The summed E-state index contributed by atoms with van der Waals surface area (Å²) < 4.78 is 42.9. The first-order valence-electron chi connectivity index (χ1n) is 4.54. The van der Waals surface area contributed by atoms with Crippen LogP contribution < -0.4 is 4.74 Å². The van der Waals surface area contributed by atoms with Crippen molar-refractivity contribution in [2.24, 2.45) is 0 Å². The van der Waals surface area contributed by atoms with Crippen molar-refractivity contribution < 1.29 is 27.8 Å². The second-order valence-electron chi connectivity index (χ2n) is 3.07. The van der Waals surface area contributed by atoms with Crippen molar-refractivity contribution >= 4 is 21.9 Å². The molecule has 0 saturated carbocycles. The molecule has 0 aromatic heterocycles. The fourth-order valence-electron chi connectivity index (χ4n) is 1.22. The van der Waals surface area contributed by atoms with Crippen molar-refractivity contribution in [3.8, 4) is 5.75 Å². The highest BCUT2D eigenvalue weighted by Gasteiger charge is 2.36. The topological polar surface area (TPSA) is 46.5 Å². The summed E-state index contributed by atoms with van der Waals surface area (Å²) >= 11 is 2.87. The van der Waals surface area contributed by atoms with E-state index < -0.39 is 29.0 Å². The number of rotatable bonds is 3.